The zero-order valence-electron chi connectivity index (χ0n) is 11.1. The molecule has 6 nitrogen and oxygen atoms in total. The molecule has 3 rings (SSSR count). The first kappa shape index (κ1) is 15.7. The van der Waals surface area contributed by atoms with E-state index in [0.717, 1.165) is 24.4 Å². The maximum Gasteiger partial charge on any atom is 0.416 e. The van der Waals surface area contributed by atoms with Crippen LogP contribution in [0.15, 0.2) is 35.5 Å². The molecule has 0 spiro atoms. The van der Waals surface area contributed by atoms with Gasteiger partial charge in [-0.05, 0) is 12.1 Å². The number of hydrogen-bond acceptors (Lipinski definition) is 3. The summed E-state index contributed by atoms with van der Waals surface area (Å²) in [5.74, 6) is -0.0343. The lowest BCUT2D eigenvalue weighted by Crippen LogP contribution is -2.13. The first-order valence-electron chi connectivity index (χ1n) is 6.08. The molecule has 3 aromatic rings. The zero-order chi connectivity index (χ0) is 16.8. The summed E-state index contributed by atoms with van der Waals surface area (Å²) in [6, 6.07) is 2.76. The Balaban J connectivity index is 2.05. The molecule has 2 heterocycles. The Bertz CT molecular complexity index is 978. The topological polar surface area (TPSA) is 90.6 Å². The summed E-state index contributed by atoms with van der Waals surface area (Å²) in [7, 11) is -4.06. The van der Waals surface area contributed by atoms with Crippen LogP contribution in [0, 0.1) is 0 Å². The van der Waals surface area contributed by atoms with Gasteiger partial charge in [-0.15, -0.1) is 0 Å². The van der Waals surface area contributed by atoms with Crippen molar-refractivity contribution in [3.05, 3.63) is 41.2 Å². The van der Waals surface area contributed by atoms with Gasteiger partial charge >= 0.3 is 6.18 Å². The highest BCUT2D eigenvalue weighted by Crippen LogP contribution is 2.33. The maximum absolute atomic E-state index is 12.7. The van der Waals surface area contributed by atoms with Crippen LogP contribution in [0.3, 0.4) is 0 Å². The number of anilines is 1. The first-order chi connectivity index (χ1) is 10.7. The van der Waals surface area contributed by atoms with E-state index in [-0.39, 0.29) is 26.6 Å². The maximum atomic E-state index is 12.7. The third-order valence-corrected chi connectivity index (χ3v) is 4.77. The summed E-state index contributed by atoms with van der Waals surface area (Å²) in [6.45, 7) is 0. The lowest BCUT2D eigenvalue weighted by atomic mass is 10.1. The minimum Gasteiger partial charge on any atom is -0.360 e. The minimum atomic E-state index is -4.51. The van der Waals surface area contributed by atoms with E-state index >= 15 is 0 Å². The SMILES string of the molecule is O=S(=O)(Nc1[nH]ncc1Cl)c1c[nH]c2cc(C(F)(F)F)ccc12. The van der Waals surface area contributed by atoms with Crippen LogP contribution in [0.1, 0.15) is 5.56 Å². The summed E-state index contributed by atoms with van der Waals surface area (Å²) in [5.41, 5.74) is -0.823. The predicted octanol–water partition coefficient (Wildman–Crippen LogP) is 3.36. The van der Waals surface area contributed by atoms with E-state index in [2.05, 4.69) is 19.9 Å². The molecule has 0 saturated heterocycles. The van der Waals surface area contributed by atoms with Crippen LogP contribution in [-0.4, -0.2) is 23.6 Å². The molecule has 0 fully saturated rings. The van der Waals surface area contributed by atoms with Gasteiger partial charge in [0, 0.05) is 17.1 Å². The second-order valence-corrected chi connectivity index (χ2v) is 6.67. The van der Waals surface area contributed by atoms with Gasteiger partial charge in [-0.2, -0.15) is 18.3 Å². The third kappa shape index (κ3) is 2.86. The molecule has 0 radical (unpaired) electrons. The molecule has 0 aliphatic carbocycles. The molecule has 0 saturated carbocycles. The third-order valence-electron chi connectivity index (χ3n) is 3.09. The van der Waals surface area contributed by atoms with E-state index in [1.807, 2.05) is 0 Å². The van der Waals surface area contributed by atoms with Crippen molar-refractivity contribution in [2.24, 2.45) is 0 Å². The smallest absolute Gasteiger partial charge is 0.360 e. The number of halogens is 4. The van der Waals surface area contributed by atoms with Crippen LogP contribution in [0.25, 0.3) is 10.9 Å². The van der Waals surface area contributed by atoms with Gasteiger partial charge in [0.1, 0.15) is 9.92 Å². The van der Waals surface area contributed by atoms with Crippen molar-refractivity contribution >= 4 is 38.3 Å². The number of benzene rings is 1. The van der Waals surface area contributed by atoms with Crippen LogP contribution < -0.4 is 4.72 Å². The summed E-state index contributed by atoms with van der Waals surface area (Å²) in [4.78, 5) is 2.32. The molecule has 0 aliphatic rings. The number of aromatic nitrogens is 3. The van der Waals surface area contributed by atoms with Gasteiger partial charge in [-0.25, -0.2) is 8.42 Å². The van der Waals surface area contributed by atoms with Crippen molar-refractivity contribution in [1.82, 2.24) is 15.2 Å². The first-order valence-corrected chi connectivity index (χ1v) is 7.94. The van der Waals surface area contributed by atoms with Gasteiger partial charge in [0.05, 0.1) is 11.8 Å². The molecule has 23 heavy (non-hydrogen) atoms. The number of sulfonamides is 1. The van der Waals surface area contributed by atoms with Gasteiger partial charge in [0.2, 0.25) is 0 Å². The Kier molecular flexibility index (Phi) is 3.52. The average Bonchev–Trinajstić information content (AvgIpc) is 3.04. The number of hydrogen-bond donors (Lipinski definition) is 3. The van der Waals surface area contributed by atoms with Crippen molar-refractivity contribution in [1.29, 1.82) is 0 Å². The summed E-state index contributed by atoms with van der Waals surface area (Å²) >= 11 is 5.74. The number of aromatic amines is 2. The summed E-state index contributed by atoms with van der Waals surface area (Å²) in [6.07, 6.45) is -2.19. The second-order valence-electron chi connectivity index (χ2n) is 4.61. The standard InChI is InChI=1S/C12H8ClF3N4O2S/c13-8-4-18-19-11(8)20-23(21,22)10-5-17-9-3-6(12(14,15)16)1-2-7(9)10/h1-5,17H,(H2,18,19,20). The number of nitrogens with zero attached hydrogens (tertiary/aromatic N) is 1. The van der Waals surface area contributed by atoms with Crippen molar-refractivity contribution in [2.75, 3.05) is 4.72 Å². The van der Waals surface area contributed by atoms with Gasteiger partial charge in [-0.1, -0.05) is 17.7 Å². The Morgan fingerprint density at radius 1 is 1.26 bits per heavy atom. The van der Waals surface area contributed by atoms with Crippen LogP contribution >= 0.6 is 11.6 Å². The van der Waals surface area contributed by atoms with Crippen molar-refractivity contribution < 1.29 is 21.6 Å². The minimum absolute atomic E-state index is 0.0343. The molecule has 3 N–H and O–H groups in total. The normalized spacial score (nSPS) is 12.7. The van der Waals surface area contributed by atoms with Crippen molar-refractivity contribution in [3.63, 3.8) is 0 Å². The van der Waals surface area contributed by atoms with Crippen molar-refractivity contribution in [2.45, 2.75) is 11.1 Å². The summed E-state index contributed by atoms with van der Waals surface area (Å²) < 4.78 is 64.9. The number of alkyl halides is 3. The van der Waals surface area contributed by atoms with Gasteiger partial charge in [-0.3, -0.25) is 9.82 Å². The highest BCUT2D eigenvalue weighted by Gasteiger charge is 2.31. The number of nitrogens with one attached hydrogen (secondary N) is 3. The van der Waals surface area contributed by atoms with Crippen LogP contribution in [0.5, 0.6) is 0 Å². The molecular weight excluding hydrogens is 357 g/mol. The lowest BCUT2D eigenvalue weighted by Gasteiger charge is -2.07. The summed E-state index contributed by atoms with van der Waals surface area (Å²) in [5, 5.41) is 6.13. The largest absolute Gasteiger partial charge is 0.416 e. The monoisotopic (exact) mass is 364 g/mol. The van der Waals surface area contributed by atoms with E-state index in [4.69, 9.17) is 11.6 Å². The highest BCUT2D eigenvalue weighted by molar-refractivity contribution is 7.93. The molecule has 122 valence electrons. The van der Waals surface area contributed by atoms with Crippen LogP contribution in [0.4, 0.5) is 19.0 Å². The van der Waals surface area contributed by atoms with Gasteiger partial charge in [0.25, 0.3) is 10.0 Å². The highest BCUT2D eigenvalue weighted by atomic mass is 35.5. The molecular formula is C12H8ClF3N4O2S. The Hall–Kier alpha value is -2.20. The molecule has 2 aromatic heterocycles. The predicted molar refractivity (Wildman–Crippen MR) is 77.7 cm³/mol. The molecule has 0 amide bonds. The molecule has 11 heteroatoms. The van der Waals surface area contributed by atoms with Gasteiger partial charge < -0.3 is 4.98 Å². The molecule has 0 atom stereocenters. The molecule has 0 aliphatic heterocycles. The van der Waals surface area contributed by atoms with E-state index in [0.29, 0.717) is 0 Å². The number of H-pyrrole nitrogens is 2. The van der Waals surface area contributed by atoms with E-state index < -0.39 is 21.8 Å². The number of fused-ring (bicyclic) bond motifs is 1. The molecule has 0 unspecified atom stereocenters. The molecule has 0 bridgehead atoms. The Labute approximate surface area is 132 Å². The fraction of sp³-hybridized carbons (Fsp3) is 0.0833. The van der Waals surface area contributed by atoms with E-state index in [9.17, 15) is 21.6 Å². The number of rotatable bonds is 3. The average molecular weight is 365 g/mol. The fourth-order valence-electron chi connectivity index (χ4n) is 2.03. The Morgan fingerprint density at radius 2 is 2.00 bits per heavy atom. The van der Waals surface area contributed by atoms with Crippen molar-refractivity contribution in [3.8, 4) is 0 Å². The quantitative estimate of drug-likeness (QED) is 0.665. The van der Waals surface area contributed by atoms with E-state index in [1.54, 1.807) is 0 Å². The van der Waals surface area contributed by atoms with Gasteiger partial charge in [0.15, 0.2) is 5.82 Å². The van der Waals surface area contributed by atoms with Crippen LogP contribution in [-0.2, 0) is 16.2 Å². The lowest BCUT2D eigenvalue weighted by molar-refractivity contribution is -0.137. The fourth-order valence-corrected chi connectivity index (χ4v) is 3.44. The zero-order valence-corrected chi connectivity index (χ0v) is 12.6. The van der Waals surface area contributed by atoms with E-state index in [1.165, 1.54) is 6.20 Å². The second kappa shape index (κ2) is 5.17. The molecule has 1 aromatic carbocycles. The van der Waals surface area contributed by atoms with Crippen LogP contribution in [0.2, 0.25) is 5.02 Å². The Morgan fingerprint density at radius 3 is 2.61 bits per heavy atom.